The Morgan fingerprint density at radius 2 is 2.35 bits per heavy atom. The van der Waals surface area contributed by atoms with Crippen molar-refractivity contribution in [2.75, 3.05) is 11.1 Å². The third kappa shape index (κ3) is 2.72. The molecule has 1 aliphatic rings. The molecule has 1 amide bonds. The van der Waals surface area contributed by atoms with Crippen LogP contribution in [0.4, 0.5) is 10.1 Å². The molecule has 3 nitrogen and oxygen atoms in total. The second kappa shape index (κ2) is 4.96. The minimum atomic E-state index is -0.736. The van der Waals surface area contributed by atoms with Crippen molar-refractivity contribution in [3.05, 3.63) is 29.6 Å². The molecular weight excluding hydrogens is 239 g/mol. The number of nitrogens with two attached hydrogens (primary N) is 1. The van der Waals surface area contributed by atoms with Crippen LogP contribution < -0.4 is 11.1 Å². The highest BCUT2D eigenvalue weighted by atomic mass is 32.2. The van der Waals surface area contributed by atoms with E-state index in [4.69, 9.17) is 5.73 Å². The van der Waals surface area contributed by atoms with E-state index in [-0.39, 0.29) is 5.56 Å². The minimum absolute atomic E-state index is 0.0618. The minimum Gasteiger partial charge on any atom is -0.381 e. The molecule has 1 saturated heterocycles. The van der Waals surface area contributed by atoms with Crippen LogP contribution in [0.25, 0.3) is 0 Å². The molecule has 0 radical (unpaired) electrons. The summed E-state index contributed by atoms with van der Waals surface area (Å²) in [6, 6.07) is 4.76. The summed E-state index contributed by atoms with van der Waals surface area (Å²) in [5, 5.41) is 3.84. The number of primary amides is 1. The number of thioether (sulfide) groups is 1. The van der Waals surface area contributed by atoms with Crippen LogP contribution in [0.5, 0.6) is 0 Å². The molecule has 1 aromatic carbocycles. The summed E-state index contributed by atoms with van der Waals surface area (Å²) < 4.78 is 13.3. The van der Waals surface area contributed by atoms with Crippen molar-refractivity contribution in [2.24, 2.45) is 5.73 Å². The van der Waals surface area contributed by atoms with Crippen LogP contribution in [0.2, 0.25) is 0 Å². The van der Waals surface area contributed by atoms with Crippen LogP contribution in [0.3, 0.4) is 0 Å². The van der Waals surface area contributed by atoms with Crippen molar-refractivity contribution in [1.29, 1.82) is 0 Å². The Balaban J connectivity index is 2.16. The van der Waals surface area contributed by atoms with Gasteiger partial charge >= 0.3 is 0 Å². The first-order chi connectivity index (χ1) is 8.08. The van der Waals surface area contributed by atoms with Gasteiger partial charge in [0.1, 0.15) is 5.82 Å². The number of hydrogen-bond donors (Lipinski definition) is 2. The van der Waals surface area contributed by atoms with Crippen molar-refractivity contribution in [2.45, 2.75) is 24.6 Å². The maximum Gasteiger partial charge on any atom is 0.251 e. The summed E-state index contributed by atoms with van der Waals surface area (Å²) in [5.74, 6) is -0.181. The molecule has 2 unspecified atom stereocenters. The number of anilines is 1. The molecule has 3 N–H and O–H groups in total. The highest BCUT2D eigenvalue weighted by Gasteiger charge is 2.23. The molecule has 2 atom stereocenters. The van der Waals surface area contributed by atoms with Crippen molar-refractivity contribution in [1.82, 2.24) is 0 Å². The number of nitrogens with one attached hydrogen (secondary N) is 1. The van der Waals surface area contributed by atoms with Gasteiger partial charge in [-0.25, -0.2) is 4.39 Å². The van der Waals surface area contributed by atoms with E-state index in [9.17, 15) is 9.18 Å². The highest BCUT2D eigenvalue weighted by molar-refractivity contribution is 8.00. The van der Waals surface area contributed by atoms with Gasteiger partial charge in [-0.1, -0.05) is 6.92 Å². The number of benzene rings is 1. The van der Waals surface area contributed by atoms with Gasteiger partial charge in [-0.15, -0.1) is 0 Å². The van der Waals surface area contributed by atoms with Gasteiger partial charge in [-0.2, -0.15) is 11.8 Å². The van der Waals surface area contributed by atoms with Crippen molar-refractivity contribution in [3.63, 3.8) is 0 Å². The average molecular weight is 254 g/mol. The maximum atomic E-state index is 13.3. The van der Waals surface area contributed by atoms with E-state index in [0.717, 1.165) is 17.9 Å². The molecule has 0 aromatic heterocycles. The summed E-state index contributed by atoms with van der Waals surface area (Å²) in [5.41, 5.74) is 5.80. The van der Waals surface area contributed by atoms with E-state index in [1.54, 1.807) is 6.07 Å². The monoisotopic (exact) mass is 254 g/mol. The predicted octanol–water partition coefficient (Wildman–Crippen LogP) is 2.23. The Hall–Kier alpha value is -1.23. The Kier molecular flexibility index (Phi) is 3.57. The van der Waals surface area contributed by atoms with Crippen molar-refractivity contribution >= 4 is 23.4 Å². The molecule has 1 aliphatic heterocycles. The van der Waals surface area contributed by atoms with Crippen LogP contribution >= 0.6 is 11.8 Å². The number of amides is 1. The van der Waals surface area contributed by atoms with Crippen LogP contribution in [-0.2, 0) is 0 Å². The first kappa shape index (κ1) is 12.2. The normalized spacial score (nSPS) is 23.6. The Labute approximate surface area is 104 Å². The number of carbonyl (C=O) groups is 1. The first-order valence-corrected chi connectivity index (χ1v) is 6.60. The summed E-state index contributed by atoms with van der Waals surface area (Å²) >= 11 is 1.91. The van der Waals surface area contributed by atoms with Gasteiger partial charge in [-0.3, -0.25) is 4.79 Å². The molecule has 1 fully saturated rings. The summed E-state index contributed by atoms with van der Waals surface area (Å²) in [7, 11) is 0. The van der Waals surface area contributed by atoms with Crippen molar-refractivity contribution in [3.8, 4) is 0 Å². The molecule has 0 saturated carbocycles. The first-order valence-electron chi connectivity index (χ1n) is 5.55. The van der Waals surface area contributed by atoms with Gasteiger partial charge in [-0.05, 0) is 30.4 Å². The van der Waals surface area contributed by atoms with E-state index in [2.05, 4.69) is 12.2 Å². The molecule has 0 aliphatic carbocycles. The van der Waals surface area contributed by atoms with Crippen LogP contribution in [-0.4, -0.2) is 23.0 Å². The lowest BCUT2D eigenvalue weighted by Crippen LogP contribution is -2.25. The van der Waals surface area contributed by atoms with Gasteiger partial charge in [0.25, 0.3) is 5.91 Å². The third-order valence-electron chi connectivity index (χ3n) is 2.96. The number of hydrogen-bond acceptors (Lipinski definition) is 3. The lowest BCUT2D eigenvalue weighted by Gasteiger charge is -2.18. The Bertz CT molecular complexity index is 439. The second-order valence-electron chi connectivity index (χ2n) is 4.17. The maximum absolute atomic E-state index is 13.3. The fraction of sp³-hybridized carbons (Fsp3) is 0.417. The van der Waals surface area contributed by atoms with E-state index >= 15 is 0 Å². The molecule has 0 bridgehead atoms. The molecule has 92 valence electrons. The van der Waals surface area contributed by atoms with Crippen LogP contribution in [0, 0.1) is 5.82 Å². The largest absolute Gasteiger partial charge is 0.381 e. The zero-order chi connectivity index (χ0) is 12.4. The molecule has 5 heteroatoms. The molecule has 17 heavy (non-hydrogen) atoms. The molecule has 0 spiro atoms. The SMILES string of the molecule is CC1SCCC1Nc1ccc(F)c(C(N)=O)c1. The average Bonchev–Trinajstić information content (AvgIpc) is 2.67. The third-order valence-corrected chi connectivity index (χ3v) is 4.29. The molecule has 2 rings (SSSR count). The summed E-state index contributed by atoms with van der Waals surface area (Å²) in [4.78, 5) is 11.0. The zero-order valence-electron chi connectivity index (χ0n) is 9.57. The fourth-order valence-electron chi connectivity index (χ4n) is 1.94. The fourth-order valence-corrected chi connectivity index (χ4v) is 3.14. The molecular formula is C12H15FN2OS. The van der Waals surface area contributed by atoms with Crippen molar-refractivity contribution < 1.29 is 9.18 Å². The standard InChI is InChI=1S/C12H15FN2OS/c1-7-11(4-5-17-7)15-8-2-3-10(13)9(6-8)12(14)16/h2-3,6-7,11,15H,4-5H2,1H3,(H2,14,16). The summed E-state index contributed by atoms with van der Waals surface area (Å²) in [6.07, 6.45) is 1.08. The van der Waals surface area contributed by atoms with Gasteiger partial charge in [0.2, 0.25) is 0 Å². The topological polar surface area (TPSA) is 55.1 Å². The van der Waals surface area contributed by atoms with E-state index in [0.29, 0.717) is 11.3 Å². The van der Waals surface area contributed by atoms with E-state index in [1.807, 2.05) is 11.8 Å². The Morgan fingerprint density at radius 1 is 1.59 bits per heavy atom. The second-order valence-corrected chi connectivity index (χ2v) is 5.66. The van der Waals surface area contributed by atoms with Gasteiger partial charge in [0.15, 0.2) is 0 Å². The number of carbonyl (C=O) groups excluding carboxylic acids is 1. The van der Waals surface area contributed by atoms with Gasteiger partial charge in [0, 0.05) is 17.0 Å². The summed E-state index contributed by atoms with van der Waals surface area (Å²) in [6.45, 7) is 2.16. The lowest BCUT2D eigenvalue weighted by molar-refractivity contribution is 0.0996. The smallest absolute Gasteiger partial charge is 0.251 e. The Morgan fingerprint density at radius 3 is 2.94 bits per heavy atom. The van der Waals surface area contributed by atoms with E-state index < -0.39 is 11.7 Å². The zero-order valence-corrected chi connectivity index (χ0v) is 10.4. The number of halogens is 1. The number of rotatable bonds is 3. The lowest BCUT2D eigenvalue weighted by atomic mass is 10.1. The van der Waals surface area contributed by atoms with E-state index in [1.165, 1.54) is 12.1 Å². The molecule has 1 heterocycles. The highest BCUT2D eigenvalue weighted by Crippen LogP contribution is 2.29. The van der Waals surface area contributed by atoms with Crippen LogP contribution in [0.1, 0.15) is 23.7 Å². The predicted molar refractivity (Wildman–Crippen MR) is 68.9 cm³/mol. The van der Waals surface area contributed by atoms with Gasteiger partial charge < -0.3 is 11.1 Å². The van der Waals surface area contributed by atoms with Gasteiger partial charge in [0.05, 0.1) is 5.56 Å². The molecule has 1 aromatic rings. The van der Waals surface area contributed by atoms with Crippen LogP contribution in [0.15, 0.2) is 18.2 Å². The quantitative estimate of drug-likeness (QED) is 0.869.